The fraction of sp³-hybridized carbons (Fsp3) is 0.294. The Morgan fingerprint density at radius 1 is 1.13 bits per heavy atom. The number of hydrogen-bond donors (Lipinski definition) is 1. The second kappa shape index (κ2) is 6.12. The molecule has 0 atom stereocenters. The topological polar surface area (TPSA) is 72.6 Å². The summed E-state index contributed by atoms with van der Waals surface area (Å²) in [7, 11) is -2.07. The van der Waals surface area contributed by atoms with E-state index in [4.69, 9.17) is 10.5 Å². The Morgan fingerprint density at radius 3 is 2.70 bits per heavy atom. The van der Waals surface area contributed by atoms with E-state index in [1.165, 1.54) is 10.4 Å². The van der Waals surface area contributed by atoms with Crippen LogP contribution in [-0.4, -0.2) is 22.1 Å². The van der Waals surface area contributed by atoms with Crippen LogP contribution < -0.4 is 14.8 Å². The predicted molar refractivity (Wildman–Crippen MR) is 91.3 cm³/mol. The van der Waals surface area contributed by atoms with Crippen molar-refractivity contribution in [2.45, 2.75) is 24.2 Å². The summed E-state index contributed by atoms with van der Waals surface area (Å²) in [6, 6.07) is 12.0. The number of nitrogen functional groups attached to an aromatic ring is 1. The predicted octanol–water partition coefficient (Wildman–Crippen LogP) is 2.81. The van der Waals surface area contributed by atoms with Crippen molar-refractivity contribution in [3.63, 3.8) is 0 Å². The molecule has 6 heteroatoms. The van der Waals surface area contributed by atoms with Gasteiger partial charge in [0.1, 0.15) is 5.75 Å². The molecule has 0 aliphatic carbocycles. The number of fused-ring (bicyclic) bond motifs is 1. The van der Waals surface area contributed by atoms with Gasteiger partial charge < -0.3 is 10.5 Å². The molecule has 5 nitrogen and oxygen atoms in total. The summed E-state index contributed by atoms with van der Waals surface area (Å²) in [6.45, 7) is 0.456. The molecule has 0 saturated heterocycles. The number of anilines is 2. The maximum atomic E-state index is 13.1. The number of sulfonamides is 1. The van der Waals surface area contributed by atoms with Gasteiger partial charge in [-0.3, -0.25) is 4.31 Å². The summed E-state index contributed by atoms with van der Waals surface area (Å²) in [5.41, 5.74) is 7.91. The van der Waals surface area contributed by atoms with Gasteiger partial charge in [0.05, 0.1) is 17.7 Å². The highest BCUT2D eigenvalue weighted by molar-refractivity contribution is 7.92. The zero-order valence-corrected chi connectivity index (χ0v) is 13.8. The van der Waals surface area contributed by atoms with E-state index in [1.807, 2.05) is 12.1 Å². The quantitative estimate of drug-likeness (QED) is 0.877. The first-order valence-electron chi connectivity index (χ1n) is 7.57. The first-order chi connectivity index (χ1) is 11.0. The van der Waals surface area contributed by atoms with Gasteiger partial charge in [-0.2, -0.15) is 0 Å². The standard InChI is InChI=1S/C17H20N2O3S/c1-22-15-9-8-13-5-2-3-10-19(17(13)12-15)23(20,21)16-7-4-6-14(18)11-16/h4,6-9,11-12H,2-3,5,10,18H2,1H3. The zero-order valence-electron chi connectivity index (χ0n) is 13.0. The summed E-state index contributed by atoms with van der Waals surface area (Å²) in [5.74, 6) is 0.651. The average Bonchev–Trinajstić information content (AvgIpc) is 2.76. The third-order valence-corrected chi connectivity index (χ3v) is 5.87. The van der Waals surface area contributed by atoms with E-state index in [9.17, 15) is 8.42 Å². The first kappa shape index (κ1) is 15.7. The van der Waals surface area contributed by atoms with Crippen LogP contribution in [0.5, 0.6) is 5.75 Å². The molecule has 1 aliphatic heterocycles. The number of nitrogens with zero attached hydrogens (tertiary/aromatic N) is 1. The van der Waals surface area contributed by atoms with Crippen molar-refractivity contribution in [3.05, 3.63) is 48.0 Å². The molecule has 0 aromatic heterocycles. The van der Waals surface area contributed by atoms with Crippen molar-refractivity contribution in [2.75, 3.05) is 23.7 Å². The van der Waals surface area contributed by atoms with Gasteiger partial charge >= 0.3 is 0 Å². The van der Waals surface area contributed by atoms with E-state index in [-0.39, 0.29) is 4.90 Å². The van der Waals surface area contributed by atoms with Crippen molar-refractivity contribution < 1.29 is 13.2 Å². The lowest BCUT2D eigenvalue weighted by Crippen LogP contribution is -2.32. The van der Waals surface area contributed by atoms with Crippen LogP contribution in [0.1, 0.15) is 18.4 Å². The van der Waals surface area contributed by atoms with Gasteiger partial charge in [0.2, 0.25) is 0 Å². The maximum absolute atomic E-state index is 13.1. The molecule has 1 heterocycles. The van der Waals surface area contributed by atoms with Crippen molar-refractivity contribution in [1.29, 1.82) is 0 Å². The van der Waals surface area contributed by atoms with Crippen molar-refractivity contribution in [3.8, 4) is 5.75 Å². The minimum Gasteiger partial charge on any atom is -0.497 e. The summed E-state index contributed by atoms with van der Waals surface area (Å²) < 4.78 is 32.9. The molecule has 0 bridgehead atoms. The average molecular weight is 332 g/mol. The molecule has 0 fully saturated rings. The van der Waals surface area contributed by atoms with Crippen LogP contribution in [0, 0.1) is 0 Å². The maximum Gasteiger partial charge on any atom is 0.264 e. The molecular weight excluding hydrogens is 312 g/mol. The smallest absolute Gasteiger partial charge is 0.264 e. The van der Waals surface area contributed by atoms with Crippen molar-refractivity contribution in [2.24, 2.45) is 0 Å². The Kier molecular flexibility index (Phi) is 4.17. The second-order valence-corrected chi connectivity index (χ2v) is 7.46. The number of methoxy groups -OCH3 is 1. The molecule has 3 rings (SSSR count). The molecule has 23 heavy (non-hydrogen) atoms. The van der Waals surface area contributed by atoms with E-state index in [2.05, 4.69) is 0 Å². The third-order valence-electron chi connectivity index (χ3n) is 4.06. The van der Waals surface area contributed by atoms with Crippen LogP contribution in [0.15, 0.2) is 47.4 Å². The normalized spacial score (nSPS) is 14.9. The highest BCUT2D eigenvalue weighted by Crippen LogP contribution is 2.34. The van der Waals surface area contributed by atoms with Crippen molar-refractivity contribution in [1.82, 2.24) is 0 Å². The second-order valence-electron chi connectivity index (χ2n) is 5.60. The van der Waals surface area contributed by atoms with Gasteiger partial charge in [0.15, 0.2) is 0 Å². The minimum atomic E-state index is -3.65. The lowest BCUT2D eigenvalue weighted by molar-refractivity contribution is 0.415. The largest absolute Gasteiger partial charge is 0.497 e. The number of rotatable bonds is 3. The van der Waals surface area contributed by atoms with Crippen LogP contribution in [0.3, 0.4) is 0 Å². The van der Waals surface area contributed by atoms with Gasteiger partial charge in [-0.25, -0.2) is 8.42 Å². The van der Waals surface area contributed by atoms with Crippen LogP contribution in [-0.2, 0) is 16.4 Å². The Hall–Kier alpha value is -2.21. The molecule has 2 aromatic rings. The Bertz CT molecular complexity index is 818. The van der Waals surface area contributed by atoms with E-state index in [0.29, 0.717) is 23.7 Å². The molecule has 2 N–H and O–H groups in total. The minimum absolute atomic E-state index is 0.216. The highest BCUT2D eigenvalue weighted by atomic mass is 32.2. The molecule has 122 valence electrons. The molecule has 0 spiro atoms. The van der Waals surface area contributed by atoms with Crippen LogP contribution >= 0.6 is 0 Å². The summed E-state index contributed by atoms with van der Waals surface area (Å²) in [4.78, 5) is 0.216. The molecule has 0 saturated carbocycles. The Morgan fingerprint density at radius 2 is 1.96 bits per heavy atom. The zero-order chi connectivity index (χ0) is 16.4. The summed E-state index contributed by atoms with van der Waals surface area (Å²) in [6.07, 6.45) is 2.64. The monoisotopic (exact) mass is 332 g/mol. The third kappa shape index (κ3) is 2.99. The van der Waals surface area contributed by atoms with Gasteiger partial charge in [-0.15, -0.1) is 0 Å². The Labute approximate surface area is 136 Å². The van der Waals surface area contributed by atoms with Crippen LogP contribution in [0.25, 0.3) is 0 Å². The van der Waals surface area contributed by atoms with Crippen LogP contribution in [0.2, 0.25) is 0 Å². The molecule has 0 amide bonds. The molecular formula is C17H20N2O3S. The summed E-state index contributed by atoms with van der Waals surface area (Å²) >= 11 is 0. The van der Waals surface area contributed by atoms with E-state index in [0.717, 1.165) is 24.8 Å². The number of ether oxygens (including phenoxy) is 1. The van der Waals surface area contributed by atoms with E-state index in [1.54, 1.807) is 31.4 Å². The number of benzene rings is 2. The Balaban J connectivity index is 2.12. The highest BCUT2D eigenvalue weighted by Gasteiger charge is 2.28. The van der Waals surface area contributed by atoms with Gasteiger partial charge in [-0.05, 0) is 49.1 Å². The molecule has 0 unspecified atom stereocenters. The molecule has 2 aromatic carbocycles. The first-order valence-corrected chi connectivity index (χ1v) is 9.01. The number of hydrogen-bond acceptors (Lipinski definition) is 4. The summed E-state index contributed by atoms with van der Waals surface area (Å²) in [5, 5.41) is 0. The van der Waals surface area contributed by atoms with Crippen LogP contribution in [0.4, 0.5) is 11.4 Å². The van der Waals surface area contributed by atoms with Gasteiger partial charge in [0, 0.05) is 18.3 Å². The van der Waals surface area contributed by atoms with Gasteiger partial charge in [-0.1, -0.05) is 12.1 Å². The van der Waals surface area contributed by atoms with Gasteiger partial charge in [0.25, 0.3) is 10.0 Å². The number of aryl methyl sites for hydroxylation is 1. The van der Waals surface area contributed by atoms with E-state index >= 15 is 0 Å². The fourth-order valence-corrected chi connectivity index (χ4v) is 4.45. The van der Waals surface area contributed by atoms with Crippen molar-refractivity contribution >= 4 is 21.4 Å². The fourth-order valence-electron chi connectivity index (χ4n) is 2.86. The van der Waals surface area contributed by atoms with E-state index < -0.39 is 10.0 Å². The molecule has 1 aliphatic rings. The molecule has 0 radical (unpaired) electrons. The number of nitrogens with two attached hydrogens (primary N) is 1. The SMILES string of the molecule is COc1ccc2c(c1)N(S(=O)(=O)c1cccc(N)c1)CCCC2. The lowest BCUT2D eigenvalue weighted by Gasteiger charge is -2.25. The lowest BCUT2D eigenvalue weighted by atomic mass is 10.1.